The summed E-state index contributed by atoms with van der Waals surface area (Å²) in [6.07, 6.45) is 0. The third-order valence-electron chi connectivity index (χ3n) is 1.74. The molecular formula is C10H5NO2. The van der Waals surface area contributed by atoms with Gasteiger partial charge in [-0.25, -0.2) is 4.85 Å². The Morgan fingerprint density at radius 3 is 2.85 bits per heavy atom. The Morgan fingerprint density at radius 1 is 1.31 bits per heavy atom. The topological polar surface area (TPSA) is 34.6 Å². The van der Waals surface area contributed by atoms with Crippen molar-refractivity contribution in [2.45, 2.75) is 0 Å². The predicted octanol–water partition coefficient (Wildman–Crippen LogP) is 2.34. The van der Waals surface area contributed by atoms with Crippen LogP contribution in [0.5, 0.6) is 0 Å². The molecule has 3 nitrogen and oxygen atoms in total. The number of fused-ring (bicyclic) bond motifs is 1. The highest BCUT2D eigenvalue weighted by Crippen LogP contribution is 2.16. The molecule has 0 atom stereocenters. The quantitative estimate of drug-likeness (QED) is 0.450. The maximum Gasteiger partial charge on any atom is 0.341 e. The van der Waals surface area contributed by atoms with E-state index in [1.807, 2.05) is 6.07 Å². The van der Waals surface area contributed by atoms with Gasteiger partial charge in [-0.15, -0.1) is 0 Å². The van der Waals surface area contributed by atoms with Gasteiger partial charge in [-0.2, -0.15) is 0 Å². The molecule has 13 heavy (non-hydrogen) atoms. The molecule has 0 radical (unpaired) electrons. The highest BCUT2D eigenvalue weighted by atomic mass is 16.4. The summed E-state index contributed by atoms with van der Waals surface area (Å²) in [6.45, 7) is 6.72. The van der Waals surface area contributed by atoms with E-state index in [4.69, 9.17) is 11.0 Å². The van der Waals surface area contributed by atoms with E-state index in [1.165, 1.54) is 6.07 Å². The van der Waals surface area contributed by atoms with Gasteiger partial charge < -0.3 is 4.42 Å². The zero-order valence-electron chi connectivity index (χ0n) is 6.65. The average Bonchev–Trinajstić information content (AvgIpc) is 2.17. The van der Waals surface area contributed by atoms with Crippen LogP contribution in [0.2, 0.25) is 0 Å². The van der Waals surface area contributed by atoms with Crippen LogP contribution in [-0.4, -0.2) is 0 Å². The monoisotopic (exact) mass is 171 g/mol. The first-order chi connectivity index (χ1) is 6.31. The molecule has 0 bridgehead atoms. The van der Waals surface area contributed by atoms with Crippen LogP contribution in [0.1, 0.15) is 0 Å². The summed E-state index contributed by atoms with van der Waals surface area (Å²) in [5.41, 5.74) is -0.0349. The van der Waals surface area contributed by atoms with Crippen LogP contribution in [0.25, 0.3) is 15.8 Å². The second-order valence-electron chi connectivity index (χ2n) is 2.57. The minimum atomic E-state index is -0.575. The van der Waals surface area contributed by atoms with Gasteiger partial charge in [0.2, 0.25) is 0 Å². The molecule has 3 heteroatoms. The molecule has 0 spiro atoms. The van der Waals surface area contributed by atoms with Gasteiger partial charge in [0.1, 0.15) is 5.58 Å². The predicted molar refractivity (Wildman–Crippen MR) is 48.7 cm³/mol. The Hall–Kier alpha value is -2.08. The Labute approximate surface area is 74.0 Å². The van der Waals surface area contributed by atoms with Crippen LogP contribution >= 0.6 is 0 Å². The summed E-state index contributed by atoms with van der Waals surface area (Å²) < 4.78 is 4.91. The first kappa shape index (κ1) is 7.56. The Bertz CT molecular complexity index is 549. The minimum absolute atomic E-state index is 0.0266. The Balaban J connectivity index is 2.91. The van der Waals surface area contributed by atoms with Crippen molar-refractivity contribution >= 4 is 16.7 Å². The highest BCUT2D eigenvalue weighted by Gasteiger charge is 2.02. The van der Waals surface area contributed by atoms with E-state index in [0.717, 1.165) is 5.39 Å². The average molecular weight is 171 g/mol. The van der Waals surface area contributed by atoms with Crippen molar-refractivity contribution in [2.24, 2.45) is 0 Å². The SMILES string of the molecule is [C-]#[N+]c1cc2ccccc2oc1=O. The lowest BCUT2D eigenvalue weighted by Gasteiger charge is -1.94. The molecule has 0 aliphatic rings. The normalized spacial score (nSPS) is 9.77. The number of nitrogens with zero attached hydrogens (tertiary/aromatic N) is 1. The second kappa shape index (κ2) is 2.76. The summed E-state index contributed by atoms with van der Waals surface area (Å²) in [6, 6.07) is 8.64. The van der Waals surface area contributed by atoms with Crippen molar-refractivity contribution in [3.8, 4) is 0 Å². The molecule has 2 rings (SSSR count). The third kappa shape index (κ3) is 1.18. The Morgan fingerprint density at radius 2 is 2.08 bits per heavy atom. The van der Waals surface area contributed by atoms with Crippen LogP contribution in [0, 0.1) is 6.57 Å². The first-order valence-corrected chi connectivity index (χ1v) is 3.71. The fourth-order valence-corrected chi connectivity index (χ4v) is 1.13. The number of rotatable bonds is 0. The van der Waals surface area contributed by atoms with Gasteiger partial charge in [-0.1, -0.05) is 18.2 Å². The van der Waals surface area contributed by atoms with Crippen LogP contribution < -0.4 is 5.63 Å². The molecule has 1 aromatic carbocycles. The van der Waals surface area contributed by atoms with Crippen molar-refractivity contribution in [3.63, 3.8) is 0 Å². The van der Waals surface area contributed by atoms with Gasteiger partial charge in [0.05, 0.1) is 6.57 Å². The maximum absolute atomic E-state index is 11.1. The molecule has 2 aromatic rings. The molecule has 0 aliphatic heterocycles. The highest BCUT2D eigenvalue weighted by molar-refractivity contribution is 5.79. The van der Waals surface area contributed by atoms with Crippen molar-refractivity contribution in [3.05, 3.63) is 52.2 Å². The molecule has 1 aromatic heterocycles. The van der Waals surface area contributed by atoms with Crippen LogP contribution in [0.4, 0.5) is 5.69 Å². The van der Waals surface area contributed by atoms with Crippen LogP contribution in [0.15, 0.2) is 39.5 Å². The van der Waals surface area contributed by atoms with Crippen molar-refractivity contribution in [1.82, 2.24) is 0 Å². The summed E-state index contributed by atoms with van der Waals surface area (Å²) >= 11 is 0. The van der Waals surface area contributed by atoms with Gasteiger partial charge in [-0.3, -0.25) is 4.79 Å². The van der Waals surface area contributed by atoms with Crippen molar-refractivity contribution in [1.29, 1.82) is 0 Å². The molecule has 0 N–H and O–H groups in total. The summed E-state index contributed by atoms with van der Waals surface area (Å²) in [7, 11) is 0. The zero-order valence-corrected chi connectivity index (χ0v) is 6.65. The molecule has 0 saturated heterocycles. The van der Waals surface area contributed by atoms with E-state index in [-0.39, 0.29) is 5.69 Å². The van der Waals surface area contributed by atoms with E-state index in [0.29, 0.717) is 5.58 Å². The van der Waals surface area contributed by atoms with Crippen LogP contribution in [0.3, 0.4) is 0 Å². The molecule has 0 fully saturated rings. The van der Waals surface area contributed by atoms with Crippen molar-refractivity contribution < 1.29 is 4.42 Å². The van der Waals surface area contributed by atoms with Gasteiger partial charge >= 0.3 is 5.63 Å². The molecule has 0 aliphatic carbocycles. The van der Waals surface area contributed by atoms with Gasteiger partial charge in [0.15, 0.2) is 0 Å². The molecule has 0 saturated carbocycles. The molecule has 0 amide bonds. The van der Waals surface area contributed by atoms with E-state index in [1.54, 1.807) is 18.2 Å². The van der Waals surface area contributed by atoms with Gasteiger partial charge in [-0.05, 0) is 12.1 Å². The smallest absolute Gasteiger partial charge is 0.341 e. The number of hydrogen-bond acceptors (Lipinski definition) is 2. The minimum Gasteiger partial charge on any atom is -0.431 e. The summed E-state index contributed by atoms with van der Waals surface area (Å²) in [5, 5.41) is 0.771. The lowest BCUT2D eigenvalue weighted by Crippen LogP contribution is -1.95. The number of para-hydroxylation sites is 1. The molecule has 0 unspecified atom stereocenters. The second-order valence-corrected chi connectivity index (χ2v) is 2.57. The number of benzene rings is 1. The Kier molecular flexibility index (Phi) is 1.60. The zero-order chi connectivity index (χ0) is 9.26. The standard InChI is InChI=1S/C10H5NO2/c1-11-8-6-7-4-2-3-5-9(7)13-10(8)12/h2-6H. The molecular weight excluding hydrogens is 166 g/mol. The first-order valence-electron chi connectivity index (χ1n) is 3.71. The fraction of sp³-hybridized carbons (Fsp3) is 0. The molecule has 62 valence electrons. The van der Waals surface area contributed by atoms with Crippen LogP contribution in [-0.2, 0) is 0 Å². The fourth-order valence-electron chi connectivity index (χ4n) is 1.13. The van der Waals surface area contributed by atoms with E-state index in [2.05, 4.69) is 4.85 Å². The third-order valence-corrected chi connectivity index (χ3v) is 1.74. The van der Waals surface area contributed by atoms with Gasteiger partial charge in [0.25, 0.3) is 5.69 Å². The largest absolute Gasteiger partial charge is 0.431 e. The van der Waals surface area contributed by atoms with Gasteiger partial charge in [0, 0.05) is 5.39 Å². The lowest BCUT2D eigenvalue weighted by molar-refractivity contribution is 0.565. The molecule has 1 heterocycles. The summed E-state index contributed by atoms with van der Waals surface area (Å²) in [4.78, 5) is 14.1. The maximum atomic E-state index is 11.1. The van der Waals surface area contributed by atoms with E-state index >= 15 is 0 Å². The summed E-state index contributed by atoms with van der Waals surface area (Å²) in [5.74, 6) is 0. The van der Waals surface area contributed by atoms with Crippen molar-refractivity contribution in [2.75, 3.05) is 0 Å². The lowest BCUT2D eigenvalue weighted by atomic mass is 10.2. The van der Waals surface area contributed by atoms with E-state index < -0.39 is 5.63 Å². The number of hydrogen-bond donors (Lipinski definition) is 0. The van der Waals surface area contributed by atoms with E-state index in [9.17, 15) is 4.79 Å².